The SMILES string of the molecule is Cc1sc(N)c(-c2nc3ccc(Cl)cc3n2C2CC2)c1C. The fraction of sp³-hybridized carbons (Fsp3) is 0.312. The first-order chi connectivity index (χ1) is 10.1. The molecule has 108 valence electrons. The number of nitrogens with two attached hydrogens (primary N) is 1. The molecule has 2 aromatic heterocycles. The molecule has 0 atom stereocenters. The molecule has 5 heteroatoms. The highest BCUT2D eigenvalue weighted by Crippen LogP contribution is 2.45. The molecule has 4 rings (SSSR count). The van der Waals surface area contributed by atoms with Crippen molar-refractivity contribution in [3.8, 4) is 11.4 Å². The minimum atomic E-state index is 0.530. The number of imidazole rings is 1. The van der Waals surface area contributed by atoms with Gasteiger partial charge in [0, 0.05) is 15.9 Å². The van der Waals surface area contributed by atoms with E-state index in [-0.39, 0.29) is 0 Å². The highest BCUT2D eigenvalue weighted by atomic mass is 35.5. The Balaban J connectivity index is 2.06. The zero-order valence-corrected chi connectivity index (χ0v) is 13.6. The van der Waals surface area contributed by atoms with Gasteiger partial charge in [0.15, 0.2) is 0 Å². The Hall–Kier alpha value is -1.52. The fourth-order valence-electron chi connectivity index (χ4n) is 2.88. The third kappa shape index (κ3) is 1.97. The van der Waals surface area contributed by atoms with Crippen LogP contribution in [0.3, 0.4) is 0 Å². The molecule has 1 aromatic carbocycles. The van der Waals surface area contributed by atoms with Gasteiger partial charge in [-0.25, -0.2) is 4.98 Å². The van der Waals surface area contributed by atoms with E-state index in [0.717, 1.165) is 32.4 Å². The Morgan fingerprint density at radius 3 is 2.71 bits per heavy atom. The molecule has 2 heterocycles. The highest BCUT2D eigenvalue weighted by Gasteiger charge is 2.30. The summed E-state index contributed by atoms with van der Waals surface area (Å²) in [6.45, 7) is 4.24. The maximum Gasteiger partial charge on any atom is 0.144 e. The van der Waals surface area contributed by atoms with Gasteiger partial charge in [-0.15, -0.1) is 11.3 Å². The number of aryl methyl sites for hydroxylation is 1. The van der Waals surface area contributed by atoms with E-state index in [2.05, 4.69) is 18.4 Å². The number of rotatable bonds is 2. The first-order valence-corrected chi connectivity index (χ1v) is 8.29. The van der Waals surface area contributed by atoms with Gasteiger partial charge in [0.25, 0.3) is 0 Å². The third-order valence-electron chi connectivity index (χ3n) is 4.20. The van der Waals surface area contributed by atoms with Crippen molar-refractivity contribution in [1.82, 2.24) is 9.55 Å². The topological polar surface area (TPSA) is 43.8 Å². The molecule has 0 saturated heterocycles. The van der Waals surface area contributed by atoms with Crippen LogP contribution in [0.25, 0.3) is 22.4 Å². The van der Waals surface area contributed by atoms with Gasteiger partial charge in [-0.3, -0.25) is 0 Å². The third-order valence-corrected chi connectivity index (χ3v) is 5.47. The second-order valence-corrected chi connectivity index (χ2v) is 7.38. The number of halogens is 1. The van der Waals surface area contributed by atoms with Crippen molar-refractivity contribution in [1.29, 1.82) is 0 Å². The molecule has 0 aliphatic heterocycles. The van der Waals surface area contributed by atoms with Crippen LogP contribution in [0.2, 0.25) is 5.02 Å². The monoisotopic (exact) mass is 317 g/mol. The Morgan fingerprint density at radius 1 is 1.33 bits per heavy atom. The van der Waals surface area contributed by atoms with E-state index in [9.17, 15) is 0 Å². The number of fused-ring (bicyclic) bond motifs is 1. The lowest BCUT2D eigenvalue weighted by atomic mass is 10.1. The highest BCUT2D eigenvalue weighted by molar-refractivity contribution is 7.16. The van der Waals surface area contributed by atoms with E-state index >= 15 is 0 Å². The Labute approximate surface area is 132 Å². The lowest BCUT2D eigenvalue weighted by Crippen LogP contribution is -1.99. The van der Waals surface area contributed by atoms with Crippen molar-refractivity contribution in [2.24, 2.45) is 0 Å². The molecule has 0 unspecified atom stereocenters. The Morgan fingerprint density at radius 2 is 2.10 bits per heavy atom. The molecule has 3 nitrogen and oxygen atoms in total. The summed E-state index contributed by atoms with van der Waals surface area (Å²) in [6.07, 6.45) is 2.40. The first-order valence-electron chi connectivity index (χ1n) is 7.09. The maximum atomic E-state index is 6.25. The second kappa shape index (κ2) is 4.49. The van der Waals surface area contributed by atoms with Gasteiger partial charge < -0.3 is 10.3 Å². The number of hydrogen-bond donors (Lipinski definition) is 1. The summed E-state index contributed by atoms with van der Waals surface area (Å²) in [5.41, 5.74) is 10.7. The van der Waals surface area contributed by atoms with Crippen molar-refractivity contribution < 1.29 is 0 Å². The summed E-state index contributed by atoms with van der Waals surface area (Å²) in [5.74, 6) is 0.995. The number of benzene rings is 1. The van der Waals surface area contributed by atoms with Crippen molar-refractivity contribution >= 4 is 39.0 Å². The number of nitrogen functional groups attached to an aromatic ring is 1. The number of nitrogens with zero attached hydrogens (tertiary/aromatic N) is 2. The van der Waals surface area contributed by atoms with Gasteiger partial charge in [0.05, 0.1) is 21.6 Å². The van der Waals surface area contributed by atoms with Gasteiger partial charge in [-0.05, 0) is 50.5 Å². The summed E-state index contributed by atoms with van der Waals surface area (Å²) in [4.78, 5) is 6.11. The number of thiophene rings is 1. The van der Waals surface area contributed by atoms with Crippen LogP contribution in [0.5, 0.6) is 0 Å². The summed E-state index contributed by atoms with van der Waals surface area (Å²) in [6, 6.07) is 6.43. The summed E-state index contributed by atoms with van der Waals surface area (Å²) in [7, 11) is 0. The summed E-state index contributed by atoms with van der Waals surface area (Å²) >= 11 is 7.82. The molecular weight excluding hydrogens is 302 g/mol. The van der Waals surface area contributed by atoms with Crippen LogP contribution >= 0.6 is 22.9 Å². The molecular formula is C16H16ClN3S. The van der Waals surface area contributed by atoms with E-state index in [1.165, 1.54) is 23.3 Å². The molecule has 0 spiro atoms. The van der Waals surface area contributed by atoms with Crippen molar-refractivity contribution in [3.05, 3.63) is 33.7 Å². The molecule has 2 N–H and O–H groups in total. The van der Waals surface area contributed by atoms with Crippen LogP contribution in [0.1, 0.15) is 29.3 Å². The van der Waals surface area contributed by atoms with E-state index in [4.69, 9.17) is 22.3 Å². The lowest BCUT2D eigenvalue weighted by Gasteiger charge is -2.08. The molecule has 0 amide bonds. The van der Waals surface area contributed by atoms with Crippen molar-refractivity contribution in [2.45, 2.75) is 32.7 Å². The lowest BCUT2D eigenvalue weighted by molar-refractivity contribution is 0.775. The number of aromatic nitrogens is 2. The van der Waals surface area contributed by atoms with Gasteiger partial charge in [-0.1, -0.05) is 11.6 Å². The van der Waals surface area contributed by atoms with Crippen LogP contribution in [-0.4, -0.2) is 9.55 Å². The quantitative estimate of drug-likeness (QED) is 0.726. The van der Waals surface area contributed by atoms with E-state index < -0.39 is 0 Å². The molecule has 21 heavy (non-hydrogen) atoms. The molecule has 0 radical (unpaired) electrons. The van der Waals surface area contributed by atoms with Gasteiger partial charge in [-0.2, -0.15) is 0 Å². The smallest absolute Gasteiger partial charge is 0.144 e. The minimum absolute atomic E-state index is 0.530. The molecule has 0 bridgehead atoms. The van der Waals surface area contributed by atoms with Crippen molar-refractivity contribution in [3.63, 3.8) is 0 Å². The average molecular weight is 318 g/mol. The summed E-state index contributed by atoms with van der Waals surface area (Å²) in [5, 5.41) is 1.61. The second-order valence-electron chi connectivity index (χ2n) is 5.69. The predicted molar refractivity (Wildman–Crippen MR) is 90.2 cm³/mol. The first kappa shape index (κ1) is 13.2. The van der Waals surface area contributed by atoms with Gasteiger partial charge in [0.1, 0.15) is 5.82 Å². The predicted octanol–water partition coefficient (Wildman–Crippen LogP) is 4.95. The molecule has 1 aliphatic carbocycles. The van der Waals surface area contributed by atoms with Crippen LogP contribution in [0, 0.1) is 13.8 Å². The maximum absolute atomic E-state index is 6.25. The Bertz CT molecular complexity index is 858. The zero-order valence-electron chi connectivity index (χ0n) is 12.0. The van der Waals surface area contributed by atoms with Crippen molar-refractivity contribution in [2.75, 3.05) is 5.73 Å². The van der Waals surface area contributed by atoms with Crippen LogP contribution in [0.15, 0.2) is 18.2 Å². The molecule has 1 fully saturated rings. The largest absolute Gasteiger partial charge is 0.390 e. The minimum Gasteiger partial charge on any atom is -0.390 e. The number of anilines is 1. The van der Waals surface area contributed by atoms with Crippen LogP contribution in [0.4, 0.5) is 5.00 Å². The van der Waals surface area contributed by atoms with Gasteiger partial charge >= 0.3 is 0 Å². The normalized spacial score (nSPS) is 15.0. The van der Waals surface area contributed by atoms with E-state index in [0.29, 0.717) is 6.04 Å². The molecule has 3 aromatic rings. The van der Waals surface area contributed by atoms with E-state index in [1.54, 1.807) is 11.3 Å². The van der Waals surface area contributed by atoms with E-state index in [1.807, 2.05) is 18.2 Å². The Kier molecular flexibility index (Phi) is 2.81. The fourth-order valence-corrected chi connectivity index (χ4v) is 3.97. The standard InChI is InChI=1S/C16H16ClN3S/c1-8-9(2)21-15(18)14(8)16-19-12-6-3-10(17)7-13(12)20(16)11-4-5-11/h3,6-7,11H,4-5,18H2,1-2H3. The van der Waals surface area contributed by atoms with Gasteiger partial charge in [0.2, 0.25) is 0 Å². The molecule has 1 aliphatic rings. The average Bonchev–Trinajstić information content (AvgIpc) is 3.15. The summed E-state index contributed by atoms with van der Waals surface area (Å²) < 4.78 is 2.33. The van der Waals surface area contributed by atoms with Crippen LogP contribution in [-0.2, 0) is 0 Å². The number of hydrogen-bond acceptors (Lipinski definition) is 3. The van der Waals surface area contributed by atoms with Crippen LogP contribution < -0.4 is 5.73 Å². The molecule has 1 saturated carbocycles. The zero-order chi connectivity index (χ0) is 14.7.